The van der Waals surface area contributed by atoms with E-state index in [4.69, 9.17) is 0 Å². The van der Waals surface area contributed by atoms with Crippen LogP contribution < -0.4 is 0 Å². The first kappa shape index (κ1) is 14.4. The summed E-state index contributed by atoms with van der Waals surface area (Å²) < 4.78 is -1.16. The second kappa shape index (κ2) is 4.47. The minimum absolute atomic E-state index is 0.302. The Kier molecular flexibility index (Phi) is 5.84. The molecule has 0 N–H and O–H groups in total. The smallest absolute Gasteiger partial charge is 0.0704 e. The lowest BCUT2D eigenvalue weighted by Crippen LogP contribution is -2.42. The first-order valence-corrected chi connectivity index (χ1v) is 7.87. The average molecular weight is 610 g/mol. The van der Waals surface area contributed by atoms with E-state index in [1.54, 1.807) is 0 Å². The predicted octanol–water partition coefficient (Wildman–Crippen LogP) is 5.82. The van der Waals surface area contributed by atoms with Gasteiger partial charge in [0.2, 0.25) is 0 Å². The van der Waals surface area contributed by atoms with Crippen LogP contribution in [0.2, 0.25) is 0 Å². The molecule has 11 heavy (non-hydrogen) atoms. The van der Waals surface area contributed by atoms with Crippen LogP contribution >= 0.6 is 112 Å². The maximum Gasteiger partial charge on any atom is 0.162 e. The van der Waals surface area contributed by atoms with E-state index >= 15 is 0 Å². The molecule has 7 heteroatoms. The maximum absolute atomic E-state index is 3.51. The summed E-state index contributed by atoms with van der Waals surface area (Å²) in [6.07, 6.45) is 0. The van der Waals surface area contributed by atoms with Crippen LogP contribution in [-0.2, 0) is 0 Å². The van der Waals surface area contributed by atoms with E-state index in [0.29, 0.717) is 0 Å². The van der Waals surface area contributed by atoms with E-state index in [2.05, 4.69) is 112 Å². The fourth-order valence-electron chi connectivity index (χ4n) is 0.249. The third kappa shape index (κ3) is 3.78. The first-order valence-electron chi connectivity index (χ1n) is 2.32. The highest BCUT2D eigenvalue weighted by Gasteiger charge is 2.53. The lowest BCUT2D eigenvalue weighted by atomic mass is 10.4. The maximum atomic E-state index is 3.51. The number of hydrogen-bond acceptors (Lipinski definition) is 0. The Morgan fingerprint density at radius 2 is 1.00 bits per heavy atom. The van der Waals surface area contributed by atoms with Crippen molar-refractivity contribution in [2.75, 3.05) is 0 Å². The monoisotopic (exact) mass is 603 g/mol. The van der Waals surface area contributed by atoms with Gasteiger partial charge in [0.15, 0.2) is 2.14 Å². The van der Waals surface area contributed by atoms with Crippen molar-refractivity contribution < 1.29 is 0 Å². The highest BCUT2D eigenvalue weighted by Crippen LogP contribution is 2.62. The molecule has 0 aromatic heterocycles. The molecule has 0 nitrogen and oxygen atoms in total. The van der Waals surface area contributed by atoms with Crippen molar-refractivity contribution in [3.8, 4) is 0 Å². The van der Waals surface area contributed by atoms with Crippen LogP contribution in [0.3, 0.4) is 0 Å². The number of rotatable bonds is 1. The molecule has 0 radical (unpaired) electrons. The molecular weight excluding hydrogens is 607 g/mol. The molecule has 0 aliphatic carbocycles. The van der Waals surface area contributed by atoms with Crippen molar-refractivity contribution in [1.29, 1.82) is 0 Å². The highest BCUT2D eigenvalue weighted by molar-refractivity contribution is 9.42. The fraction of sp³-hybridized carbons (Fsp3) is 1.00. The van der Waals surface area contributed by atoms with Crippen molar-refractivity contribution in [3.05, 3.63) is 0 Å². The standard InChI is InChI=1S/C4H3Br7/c1-2(5,6)3(7,8)4(9,10)11/h1H3. The Morgan fingerprint density at radius 3 is 1.00 bits per heavy atom. The zero-order valence-corrected chi connectivity index (χ0v) is 16.2. The van der Waals surface area contributed by atoms with E-state index < -0.39 is 5.38 Å². The summed E-state index contributed by atoms with van der Waals surface area (Å²) in [5.74, 6) is 0. The van der Waals surface area contributed by atoms with Gasteiger partial charge in [-0.3, -0.25) is 0 Å². The molecule has 0 spiro atoms. The van der Waals surface area contributed by atoms with Gasteiger partial charge in [0, 0.05) is 0 Å². The van der Waals surface area contributed by atoms with Gasteiger partial charge in [-0.15, -0.1) is 0 Å². The van der Waals surface area contributed by atoms with Crippen molar-refractivity contribution in [3.63, 3.8) is 0 Å². The lowest BCUT2D eigenvalue weighted by Gasteiger charge is -2.37. The van der Waals surface area contributed by atoms with Crippen molar-refractivity contribution in [2.45, 2.75) is 15.5 Å². The fourth-order valence-corrected chi connectivity index (χ4v) is 3.63. The largest absolute Gasteiger partial charge is 0.162 e. The van der Waals surface area contributed by atoms with Gasteiger partial charge >= 0.3 is 0 Å². The molecule has 0 unspecified atom stereocenters. The van der Waals surface area contributed by atoms with Gasteiger partial charge < -0.3 is 0 Å². The zero-order chi connectivity index (χ0) is 9.50. The topological polar surface area (TPSA) is 0 Å². The Balaban J connectivity index is 4.75. The summed E-state index contributed by atoms with van der Waals surface area (Å²) in [4.78, 5) is 0. The summed E-state index contributed by atoms with van der Waals surface area (Å²) >= 11 is 24.2. The Hall–Kier alpha value is 3.36. The summed E-state index contributed by atoms with van der Waals surface area (Å²) in [7, 11) is 0. The molecule has 0 amide bonds. The zero-order valence-electron chi connectivity index (χ0n) is 5.15. The minimum Gasteiger partial charge on any atom is -0.0704 e. The van der Waals surface area contributed by atoms with Gasteiger partial charge in [-0.25, -0.2) is 0 Å². The van der Waals surface area contributed by atoms with Crippen molar-refractivity contribution in [2.24, 2.45) is 0 Å². The molecule has 0 saturated carbocycles. The van der Waals surface area contributed by atoms with Gasteiger partial charge in [-0.2, -0.15) is 0 Å². The minimum atomic E-state index is -0.443. The quantitative estimate of drug-likeness (QED) is 0.329. The van der Waals surface area contributed by atoms with E-state index in [-0.39, 0.29) is 3.23 Å². The highest BCUT2D eigenvalue weighted by atomic mass is 80.0. The van der Waals surface area contributed by atoms with Gasteiger partial charge in [0.25, 0.3) is 0 Å². The number of hydrogen-bond donors (Lipinski definition) is 0. The third-order valence-electron chi connectivity index (χ3n) is 0.907. The van der Waals surface area contributed by atoms with E-state index in [1.807, 2.05) is 6.92 Å². The van der Waals surface area contributed by atoms with Crippen LogP contribution in [0.1, 0.15) is 6.92 Å². The SMILES string of the molecule is CC(Br)(Br)C(Br)(Br)C(Br)(Br)Br. The van der Waals surface area contributed by atoms with Gasteiger partial charge in [0.05, 0.1) is 0 Å². The Labute approximate surface area is 125 Å². The molecule has 0 aliphatic rings. The summed E-state index contributed by atoms with van der Waals surface area (Å²) in [6, 6.07) is 0. The molecule has 0 rings (SSSR count). The summed E-state index contributed by atoms with van der Waals surface area (Å²) in [5.41, 5.74) is 0. The van der Waals surface area contributed by atoms with Crippen LogP contribution in [0.15, 0.2) is 0 Å². The Bertz CT molecular complexity index is 122. The predicted molar refractivity (Wildman–Crippen MR) is 76.4 cm³/mol. The first-order chi connectivity index (χ1) is 4.50. The molecule has 0 heterocycles. The van der Waals surface area contributed by atoms with Gasteiger partial charge in [-0.1, -0.05) is 112 Å². The third-order valence-corrected chi connectivity index (χ3v) is 12.0. The normalized spacial score (nSPS) is 15.3. The molecule has 0 aromatic rings. The van der Waals surface area contributed by atoms with Crippen LogP contribution in [0.4, 0.5) is 0 Å². The van der Waals surface area contributed by atoms with Crippen LogP contribution in [0.5, 0.6) is 0 Å². The van der Waals surface area contributed by atoms with Crippen molar-refractivity contribution in [1.82, 2.24) is 0 Å². The second-order valence-corrected chi connectivity index (χ2v) is 16.4. The molecule has 0 aromatic carbocycles. The molecule has 0 aliphatic heterocycles. The molecule has 0 bridgehead atoms. The second-order valence-electron chi connectivity index (χ2n) is 1.96. The van der Waals surface area contributed by atoms with Crippen LogP contribution in [0.25, 0.3) is 0 Å². The van der Waals surface area contributed by atoms with Gasteiger partial charge in [-0.05, 0) is 6.92 Å². The molecule has 0 atom stereocenters. The number of halogens is 7. The Morgan fingerprint density at radius 1 is 0.727 bits per heavy atom. The summed E-state index contributed by atoms with van der Waals surface area (Å²) in [6.45, 7) is 1.97. The average Bonchev–Trinajstić information content (AvgIpc) is 1.58. The lowest BCUT2D eigenvalue weighted by molar-refractivity contribution is 0.851. The van der Waals surface area contributed by atoms with Crippen LogP contribution in [-0.4, -0.2) is 8.61 Å². The number of alkyl halides is 7. The van der Waals surface area contributed by atoms with E-state index in [0.717, 1.165) is 0 Å². The van der Waals surface area contributed by atoms with Gasteiger partial charge in [0.1, 0.15) is 6.47 Å². The van der Waals surface area contributed by atoms with E-state index in [1.165, 1.54) is 0 Å². The van der Waals surface area contributed by atoms with E-state index in [9.17, 15) is 0 Å². The van der Waals surface area contributed by atoms with Crippen LogP contribution in [0, 0.1) is 0 Å². The molecule has 0 fully saturated rings. The molecule has 0 saturated heterocycles. The molecular formula is C4H3Br7. The van der Waals surface area contributed by atoms with Crippen molar-refractivity contribution >= 4 is 112 Å². The molecule has 68 valence electrons. The summed E-state index contributed by atoms with van der Waals surface area (Å²) in [5, 5.41) is 0.